The fourth-order valence-corrected chi connectivity index (χ4v) is 1.39. The summed E-state index contributed by atoms with van der Waals surface area (Å²) in [5.74, 6) is 0. The van der Waals surface area contributed by atoms with Crippen molar-refractivity contribution in [1.29, 1.82) is 0 Å². The summed E-state index contributed by atoms with van der Waals surface area (Å²) in [7, 11) is 0. The molecule has 1 aliphatic carbocycles. The molecule has 0 unspecified atom stereocenters. The Balaban J connectivity index is 2.54. The monoisotopic (exact) mass is 129 g/mol. The number of hydrogen-bond acceptors (Lipinski definition) is 0. The predicted molar refractivity (Wildman–Crippen MR) is 42.6 cm³/mol. The van der Waals surface area contributed by atoms with Crippen LogP contribution in [0.1, 0.15) is 18.1 Å². The number of rotatable bonds is 0. The van der Waals surface area contributed by atoms with E-state index in [4.69, 9.17) is 0 Å². The second-order valence-electron chi connectivity index (χ2n) is 2.79. The largest absolute Gasteiger partial charge is 0.0683 e. The van der Waals surface area contributed by atoms with Gasteiger partial charge in [-0.25, -0.2) is 0 Å². The number of benzene rings is 1. The number of hydrogen-bond donors (Lipinski definition) is 0. The van der Waals surface area contributed by atoms with Crippen molar-refractivity contribution in [3.05, 3.63) is 41.0 Å². The van der Waals surface area contributed by atoms with Crippen LogP contribution in [0.15, 0.2) is 23.8 Å². The van der Waals surface area contributed by atoms with Gasteiger partial charge in [-0.3, -0.25) is 0 Å². The van der Waals surface area contributed by atoms with Gasteiger partial charge in [-0.15, -0.1) is 0 Å². The summed E-state index contributed by atoms with van der Waals surface area (Å²) in [4.78, 5) is 0. The molecule has 1 aromatic rings. The van der Waals surface area contributed by atoms with Crippen LogP contribution in [0.2, 0.25) is 0 Å². The van der Waals surface area contributed by atoms with E-state index in [1.165, 1.54) is 16.7 Å². The van der Waals surface area contributed by atoms with E-state index >= 15 is 0 Å². The van der Waals surface area contributed by atoms with Crippen LogP contribution in [0.25, 0.3) is 6.08 Å². The molecule has 0 N–H and O–H groups in total. The molecule has 0 amide bonds. The number of fused-ring (bicyclic) bond motifs is 1. The molecule has 0 spiro atoms. The maximum absolute atomic E-state index is 3.08. The Hall–Kier alpha value is -1.04. The van der Waals surface area contributed by atoms with Crippen molar-refractivity contribution < 1.29 is 0 Å². The van der Waals surface area contributed by atoms with Crippen LogP contribution in [-0.4, -0.2) is 0 Å². The molecule has 0 fully saturated rings. The van der Waals surface area contributed by atoms with E-state index in [9.17, 15) is 0 Å². The van der Waals surface area contributed by atoms with Crippen molar-refractivity contribution in [2.45, 2.75) is 13.3 Å². The van der Waals surface area contributed by atoms with Crippen LogP contribution in [-0.2, 0) is 6.42 Å². The third-order valence-electron chi connectivity index (χ3n) is 1.86. The molecule has 0 heterocycles. The first-order valence-corrected chi connectivity index (χ1v) is 3.52. The van der Waals surface area contributed by atoms with Gasteiger partial charge in [-0.2, -0.15) is 0 Å². The summed E-state index contributed by atoms with van der Waals surface area (Å²) >= 11 is 0. The Labute approximate surface area is 61.2 Å². The van der Waals surface area contributed by atoms with Gasteiger partial charge < -0.3 is 0 Å². The number of allylic oxidation sites excluding steroid dienone is 1. The minimum absolute atomic E-state index is 1.12. The van der Waals surface area contributed by atoms with Gasteiger partial charge in [0.25, 0.3) is 0 Å². The standard InChI is InChI=1S/C10H9/c1-8-6-9-4-2-3-5-10(9)7-8/h2,4-6H,7H2,1H3. The first-order valence-electron chi connectivity index (χ1n) is 3.52. The van der Waals surface area contributed by atoms with E-state index in [0.717, 1.165) is 6.42 Å². The maximum atomic E-state index is 3.08. The highest BCUT2D eigenvalue weighted by molar-refractivity contribution is 5.62. The van der Waals surface area contributed by atoms with Gasteiger partial charge in [0.2, 0.25) is 0 Å². The third kappa shape index (κ3) is 0.766. The van der Waals surface area contributed by atoms with Gasteiger partial charge in [-0.05, 0) is 30.5 Å². The lowest BCUT2D eigenvalue weighted by Gasteiger charge is -1.93. The Bertz CT molecular complexity index is 282. The van der Waals surface area contributed by atoms with Crippen molar-refractivity contribution in [1.82, 2.24) is 0 Å². The van der Waals surface area contributed by atoms with E-state index < -0.39 is 0 Å². The molecule has 0 aliphatic heterocycles. The zero-order valence-electron chi connectivity index (χ0n) is 6.02. The second-order valence-corrected chi connectivity index (χ2v) is 2.79. The molecule has 2 rings (SSSR count). The Morgan fingerprint density at radius 3 is 3.20 bits per heavy atom. The summed E-state index contributed by atoms with van der Waals surface area (Å²) in [5, 5.41) is 0. The van der Waals surface area contributed by atoms with Crippen molar-refractivity contribution >= 4 is 6.08 Å². The fourth-order valence-electron chi connectivity index (χ4n) is 1.39. The van der Waals surface area contributed by atoms with Gasteiger partial charge >= 0.3 is 0 Å². The minimum atomic E-state index is 1.12. The van der Waals surface area contributed by atoms with E-state index in [1.807, 2.05) is 6.07 Å². The van der Waals surface area contributed by atoms with Gasteiger partial charge in [0.15, 0.2) is 0 Å². The molecule has 0 bridgehead atoms. The van der Waals surface area contributed by atoms with Crippen molar-refractivity contribution in [3.63, 3.8) is 0 Å². The topological polar surface area (TPSA) is 0 Å². The van der Waals surface area contributed by atoms with Crippen LogP contribution >= 0.6 is 0 Å². The molecule has 10 heavy (non-hydrogen) atoms. The van der Waals surface area contributed by atoms with E-state index in [-0.39, 0.29) is 0 Å². The smallest absolute Gasteiger partial charge is 0.00604 e. The third-order valence-corrected chi connectivity index (χ3v) is 1.86. The molecule has 1 radical (unpaired) electrons. The van der Waals surface area contributed by atoms with Gasteiger partial charge in [0, 0.05) is 0 Å². The van der Waals surface area contributed by atoms with Crippen molar-refractivity contribution in [2.75, 3.05) is 0 Å². The summed E-state index contributed by atoms with van der Waals surface area (Å²) in [5.41, 5.74) is 4.24. The molecule has 49 valence electrons. The molecule has 0 heteroatoms. The fraction of sp³-hybridized carbons (Fsp3) is 0.200. The minimum Gasteiger partial charge on any atom is -0.0683 e. The Kier molecular flexibility index (Phi) is 1.13. The molecule has 0 nitrogen and oxygen atoms in total. The molecule has 1 aliphatic rings. The normalized spacial score (nSPS) is 14.7. The highest BCUT2D eigenvalue weighted by Crippen LogP contribution is 2.23. The Morgan fingerprint density at radius 1 is 1.50 bits per heavy atom. The second kappa shape index (κ2) is 1.98. The van der Waals surface area contributed by atoms with E-state index in [1.54, 1.807) is 0 Å². The average molecular weight is 129 g/mol. The van der Waals surface area contributed by atoms with E-state index in [2.05, 4.69) is 31.2 Å². The zero-order chi connectivity index (χ0) is 6.97. The summed E-state index contributed by atoms with van der Waals surface area (Å²) < 4.78 is 0. The van der Waals surface area contributed by atoms with E-state index in [0.29, 0.717) is 0 Å². The lowest BCUT2D eigenvalue weighted by Crippen LogP contribution is -1.79. The highest BCUT2D eigenvalue weighted by atomic mass is 14.1. The molecule has 0 saturated heterocycles. The van der Waals surface area contributed by atoms with Crippen molar-refractivity contribution in [2.24, 2.45) is 0 Å². The maximum Gasteiger partial charge on any atom is -0.00604 e. The Morgan fingerprint density at radius 2 is 2.40 bits per heavy atom. The van der Waals surface area contributed by atoms with Crippen LogP contribution < -0.4 is 0 Å². The van der Waals surface area contributed by atoms with Crippen LogP contribution in [0.3, 0.4) is 0 Å². The summed E-state index contributed by atoms with van der Waals surface area (Å²) in [6, 6.07) is 9.23. The predicted octanol–water partition coefficient (Wildman–Crippen LogP) is 2.45. The molecule has 0 saturated carbocycles. The summed E-state index contributed by atoms with van der Waals surface area (Å²) in [6.07, 6.45) is 3.36. The first kappa shape index (κ1) is 5.72. The van der Waals surface area contributed by atoms with Gasteiger partial charge in [0.1, 0.15) is 0 Å². The van der Waals surface area contributed by atoms with Gasteiger partial charge in [0.05, 0.1) is 0 Å². The molecular formula is C10H9. The molecule has 0 atom stereocenters. The average Bonchev–Trinajstić information content (AvgIpc) is 2.27. The summed E-state index contributed by atoms with van der Waals surface area (Å²) in [6.45, 7) is 2.17. The molecular weight excluding hydrogens is 120 g/mol. The van der Waals surface area contributed by atoms with Crippen LogP contribution in [0, 0.1) is 6.07 Å². The SMILES string of the molecule is CC1=Cc2cc[c]cc2C1. The molecule has 0 aromatic heterocycles. The zero-order valence-corrected chi connectivity index (χ0v) is 6.02. The quantitative estimate of drug-likeness (QED) is 0.504. The lowest BCUT2D eigenvalue weighted by atomic mass is 10.1. The van der Waals surface area contributed by atoms with Crippen LogP contribution in [0.5, 0.6) is 0 Å². The first-order chi connectivity index (χ1) is 4.86. The lowest BCUT2D eigenvalue weighted by molar-refractivity contribution is 1.19. The van der Waals surface area contributed by atoms with Gasteiger partial charge in [-0.1, -0.05) is 29.8 Å². The van der Waals surface area contributed by atoms with Crippen molar-refractivity contribution in [3.8, 4) is 0 Å². The van der Waals surface area contributed by atoms with Crippen LogP contribution in [0.4, 0.5) is 0 Å². The highest BCUT2D eigenvalue weighted by Gasteiger charge is 2.06. The molecule has 1 aromatic carbocycles.